The highest BCUT2D eigenvalue weighted by Gasteiger charge is 2.23. The van der Waals surface area contributed by atoms with Gasteiger partial charge in [-0.3, -0.25) is 21.3 Å². The Hall–Kier alpha value is -1.70. The van der Waals surface area contributed by atoms with E-state index in [2.05, 4.69) is 22.5 Å². The summed E-state index contributed by atoms with van der Waals surface area (Å²) in [6.45, 7) is 8.75. The second-order valence-corrected chi connectivity index (χ2v) is 9.20. The number of alkyl carbamates (subject to hydrolysis) is 1. The molecule has 0 unspecified atom stereocenters. The van der Waals surface area contributed by atoms with E-state index in [0.717, 1.165) is 12.8 Å². The minimum Gasteiger partial charge on any atom is -1.00 e. The Morgan fingerprint density at radius 2 is 1.44 bits per heavy atom. The summed E-state index contributed by atoms with van der Waals surface area (Å²) >= 11 is 0. The van der Waals surface area contributed by atoms with Gasteiger partial charge in [-0.1, -0.05) is 64.7 Å². The molecule has 0 aromatic carbocycles. The molecule has 0 spiro atoms. The Labute approximate surface area is 201 Å². The number of nitrogens with two attached hydrogens (primary N) is 2. The number of ether oxygens (including phenoxy) is 1. The van der Waals surface area contributed by atoms with E-state index < -0.39 is 17.7 Å². The van der Waals surface area contributed by atoms with Crippen LogP contribution in [-0.2, 0) is 9.53 Å². The molecule has 8 nitrogen and oxygen atoms in total. The summed E-state index contributed by atoms with van der Waals surface area (Å²) in [6, 6.07) is -0.654. The fourth-order valence-electron chi connectivity index (χ4n) is 3.20. The highest BCUT2D eigenvalue weighted by Crippen LogP contribution is 2.10. The third-order valence-corrected chi connectivity index (χ3v) is 4.84. The third-order valence-electron chi connectivity index (χ3n) is 4.84. The minimum atomic E-state index is -0.654. The van der Waals surface area contributed by atoms with Crippen LogP contribution in [0.3, 0.4) is 0 Å². The number of halogens is 1. The van der Waals surface area contributed by atoms with Gasteiger partial charge in [0.2, 0.25) is 5.91 Å². The molecule has 0 aliphatic heterocycles. The van der Waals surface area contributed by atoms with Crippen LogP contribution in [0.5, 0.6) is 0 Å². The van der Waals surface area contributed by atoms with Crippen molar-refractivity contribution in [1.29, 1.82) is 0 Å². The quantitative estimate of drug-likeness (QED) is 0.105. The van der Waals surface area contributed by atoms with Crippen molar-refractivity contribution in [1.82, 2.24) is 10.6 Å². The first kappa shape index (κ1) is 32.5. The minimum absolute atomic E-state index is 0. The Kier molecular flexibility index (Phi) is 20.2. The maximum atomic E-state index is 12.6. The molecule has 0 saturated heterocycles. The molecule has 190 valence electrons. The molecule has 2 amide bonds. The van der Waals surface area contributed by atoms with Crippen molar-refractivity contribution in [2.24, 2.45) is 11.5 Å². The molecule has 0 aliphatic rings. The lowest BCUT2D eigenvalue weighted by Gasteiger charge is -2.23. The number of amides is 2. The van der Waals surface area contributed by atoms with E-state index in [9.17, 15) is 9.59 Å². The second kappa shape index (κ2) is 19.9. The standard InChI is InChI=1S/C23H47N5O3.ClH/c1-5-6-7-8-9-10-11-12-13-14-17-26-20(29)19(16-15-18-27-21(24)25)28-22(30)31-23(2,3)4;/h19H,5-18H2,1-4H3,(H,26,29)(H,28,30)(H4,24,25,27);1H/t19-;/m0./s1. The zero-order valence-corrected chi connectivity index (χ0v) is 21.5. The van der Waals surface area contributed by atoms with Gasteiger partial charge in [0.15, 0.2) is 0 Å². The number of hydrogen-bond donors (Lipinski definition) is 5. The van der Waals surface area contributed by atoms with Gasteiger partial charge >= 0.3 is 12.1 Å². The summed E-state index contributed by atoms with van der Waals surface area (Å²) in [7, 11) is 0. The number of carbonyl (C=O) groups is 2. The molecule has 0 saturated carbocycles. The number of nitrogens with one attached hydrogen (secondary N) is 3. The Morgan fingerprint density at radius 1 is 0.906 bits per heavy atom. The van der Waals surface area contributed by atoms with Gasteiger partial charge in [-0.2, -0.15) is 0 Å². The van der Waals surface area contributed by atoms with E-state index in [4.69, 9.17) is 16.2 Å². The molecule has 0 aromatic rings. The maximum Gasteiger partial charge on any atom is 0.408 e. The number of carbonyl (C=O) groups excluding carboxylic acids is 2. The second-order valence-electron chi connectivity index (χ2n) is 9.20. The molecular weight excluding hydrogens is 430 g/mol. The summed E-state index contributed by atoms with van der Waals surface area (Å²) in [5, 5.41) is 5.62. The number of rotatable bonds is 17. The summed E-state index contributed by atoms with van der Waals surface area (Å²) in [4.78, 5) is 27.5. The van der Waals surface area contributed by atoms with Crippen molar-refractivity contribution in [3.63, 3.8) is 0 Å². The third kappa shape index (κ3) is 21.5. The van der Waals surface area contributed by atoms with E-state index in [-0.39, 0.29) is 24.3 Å². The molecule has 0 bridgehead atoms. The van der Waals surface area contributed by atoms with Gasteiger partial charge in [-0.25, -0.2) is 4.79 Å². The van der Waals surface area contributed by atoms with Crippen molar-refractivity contribution >= 4 is 18.0 Å². The van der Waals surface area contributed by atoms with Crippen LogP contribution in [0.15, 0.2) is 0 Å². The fraction of sp³-hybridized carbons (Fsp3) is 0.870. The summed E-state index contributed by atoms with van der Waals surface area (Å²) in [6.07, 6.45) is 13.0. The Morgan fingerprint density at radius 3 is 1.94 bits per heavy atom. The number of guanidine groups is 1. The topological polar surface area (TPSA) is 133 Å². The van der Waals surface area contributed by atoms with Crippen LogP contribution in [0.25, 0.3) is 0 Å². The van der Waals surface area contributed by atoms with Crippen molar-refractivity contribution in [2.45, 2.75) is 116 Å². The molecule has 1 atom stereocenters. The van der Waals surface area contributed by atoms with Crippen LogP contribution in [-0.4, -0.2) is 42.7 Å². The normalized spacial score (nSPS) is 11.8. The van der Waals surface area contributed by atoms with E-state index >= 15 is 0 Å². The lowest BCUT2D eigenvalue weighted by Crippen LogP contribution is -3.00. The van der Waals surface area contributed by atoms with Crippen LogP contribution in [0, 0.1) is 0 Å². The smallest absolute Gasteiger partial charge is 0.408 e. The average Bonchev–Trinajstić information content (AvgIpc) is 2.66. The molecular formula is C23H48ClN5O3. The van der Waals surface area contributed by atoms with E-state index in [1.165, 1.54) is 51.4 Å². The molecule has 9 heteroatoms. The monoisotopic (exact) mass is 477 g/mol. The molecule has 0 rings (SSSR count). The molecule has 0 fully saturated rings. The lowest BCUT2D eigenvalue weighted by molar-refractivity contribution is -0.459. The van der Waals surface area contributed by atoms with Crippen molar-refractivity contribution < 1.29 is 31.7 Å². The highest BCUT2D eigenvalue weighted by molar-refractivity contribution is 5.85. The molecule has 0 radical (unpaired) electrons. The van der Waals surface area contributed by atoms with E-state index in [1.54, 1.807) is 20.8 Å². The number of unbranched alkanes of at least 4 members (excludes halogenated alkanes) is 9. The van der Waals surface area contributed by atoms with Gasteiger partial charge in [-0.15, -0.1) is 0 Å². The molecule has 0 aliphatic carbocycles. The largest absolute Gasteiger partial charge is 1.00 e. The van der Waals surface area contributed by atoms with Crippen LogP contribution in [0.4, 0.5) is 4.79 Å². The Balaban J connectivity index is 0. The predicted octanol–water partition coefficient (Wildman–Crippen LogP) is -0.945. The Bertz CT molecular complexity index is 520. The zero-order valence-electron chi connectivity index (χ0n) is 20.7. The van der Waals surface area contributed by atoms with Gasteiger partial charge in [-0.05, 0) is 40.0 Å². The number of hydrogen-bond acceptors (Lipinski definition) is 3. The first-order valence-corrected chi connectivity index (χ1v) is 12.0. The lowest BCUT2D eigenvalue weighted by atomic mass is 10.1. The van der Waals surface area contributed by atoms with Crippen molar-refractivity contribution in [3.8, 4) is 0 Å². The maximum absolute atomic E-state index is 12.6. The van der Waals surface area contributed by atoms with Crippen LogP contribution in [0.2, 0.25) is 0 Å². The van der Waals surface area contributed by atoms with Gasteiger partial charge in [0.05, 0.1) is 6.54 Å². The summed E-state index contributed by atoms with van der Waals surface area (Å²) in [5.74, 6) is -0.0476. The molecule has 0 heterocycles. The zero-order chi connectivity index (χ0) is 23.5. The van der Waals surface area contributed by atoms with Gasteiger partial charge in [0, 0.05) is 6.54 Å². The average molecular weight is 478 g/mol. The van der Waals surface area contributed by atoms with Crippen LogP contribution >= 0.6 is 0 Å². The summed E-state index contributed by atoms with van der Waals surface area (Å²) < 4.78 is 5.28. The SMILES string of the molecule is CCCCCCCCCCCCNC(=O)[C@H](CCC[NH+]=C(N)N)NC(=O)OC(C)(C)C.[Cl-]. The predicted molar refractivity (Wildman–Crippen MR) is 126 cm³/mol. The van der Waals surface area contributed by atoms with Gasteiger partial charge in [0.1, 0.15) is 11.6 Å². The molecule has 0 aromatic heterocycles. The molecule has 7 N–H and O–H groups in total. The van der Waals surface area contributed by atoms with E-state index in [1.807, 2.05) is 0 Å². The van der Waals surface area contributed by atoms with Gasteiger partial charge in [0.25, 0.3) is 0 Å². The fourth-order valence-corrected chi connectivity index (χ4v) is 3.20. The molecule has 32 heavy (non-hydrogen) atoms. The van der Waals surface area contributed by atoms with E-state index in [0.29, 0.717) is 25.9 Å². The highest BCUT2D eigenvalue weighted by atomic mass is 35.5. The van der Waals surface area contributed by atoms with Crippen LogP contribution < -0.4 is 39.5 Å². The summed E-state index contributed by atoms with van der Waals surface area (Å²) in [5.41, 5.74) is 10.2. The first-order valence-electron chi connectivity index (χ1n) is 12.0. The van der Waals surface area contributed by atoms with Crippen molar-refractivity contribution in [3.05, 3.63) is 0 Å². The van der Waals surface area contributed by atoms with Gasteiger partial charge < -0.3 is 27.8 Å². The van der Waals surface area contributed by atoms with Crippen molar-refractivity contribution in [2.75, 3.05) is 13.1 Å². The van der Waals surface area contributed by atoms with Crippen LogP contribution in [0.1, 0.15) is 105 Å². The first-order chi connectivity index (χ1) is 14.7.